The fourth-order valence-corrected chi connectivity index (χ4v) is 7.51. The van der Waals surface area contributed by atoms with Crippen molar-refractivity contribution < 1.29 is 29.0 Å². The summed E-state index contributed by atoms with van der Waals surface area (Å²) in [6.45, 7) is 8.58. The number of alkyl carbamates (subject to hydrolysis) is 1. The molecule has 2 saturated heterocycles. The molecule has 2 fully saturated rings. The zero-order valence-corrected chi connectivity index (χ0v) is 32.6. The molecular weight excluding hydrogens is 713 g/mol. The van der Waals surface area contributed by atoms with E-state index in [4.69, 9.17) is 4.74 Å². The van der Waals surface area contributed by atoms with Gasteiger partial charge in [0.15, 0.2) is 0 Å². The SMILES string of the molecule is COC(=O)N[C@H](C(=O)N1CCC[C@H]1c1ncc(C#Cc2ccc3cc(C#Cc4cnc([C@@H]5CCCN5C(=O)[C@H](C(C)C)N(C)C(=O)O)[nH]4)ccc3c2)[nH]1)C(C)C. The number of amides is 4. The summed E-state index contributed by atoms with van der Waals surface area (Å²) >= 11 is 0. The zero-order chi connectivity index (χ0) is 40.1. The molecule has 2 aromatic carbocycles. The van der Waals surface area contributed by atoms with Crippen LogP contribution >= 0.6 is 0 Å². The Morgan fingerprint density at radius 1 is 0.804 bits per heavy atom. The molecule has 0 unspecified atom stereocenters. The molecule has 4 N–H and O–H groups in total. The molecule has 14 nitrogen and oxygen atoms in total. The van der Waals surface area contributed by atoms with E-state index in [2.05, 4.69) is 48.9 Å². The van der Waals surface area contributed by atoms with Gasteiger partial charge in [0.2, 0.25) is 11.8 Å². The number of aromatic amines is 2. The van der Waals surface area contributed by atoms with Gasteiger partial charge >= 0.3 is 12.2 Å². The first-order chi connectivity index (χ1) is 26.8. The number of H-pyrrole nitrogens is 2. The highest BCUT2D eigenvalue weighted by molar-refractivity contribution is 5.87. The third kappa shape index (κ3) is 8.65. The molecule has 56 heavy (non-hydrogen) atoms. The molecule has 2 aliphatic rings. The van der Waals surface area contributed by atoms with Crippen molar-refractivity contribution in [3.8, 4) is 23.7 Å². The van der Waals surface area contributed by atoms with E-state index in [1.165, 1.54) is 14.2 Å². The molecule has 0 saturated carbocycles. The molecule has 6 rings (SSSR count). The van der Waals surface area contributed by atoms with E-state index in [0.29, 0.717) is 36.1 Å². The summed E-state index contributed by atoms with van der Waals surface area (Å²) in [6, 6.07) is 9.95. The highest BCUT2D eigenvalue weighted by Crippen LogP contribution is 2.33. The van der Waals surface area contributed by atoms with Crippen LogP contribution in [-0.4, -0.2) is 103 Å². The van der Waals surface area contributed by atoms with Gasteiger partial charge < -0.3 is 34.9 Å². The minimum absolute atomic E-state index is 0.117. The smallest absolute Gasteiger partial charge is 0.407 e. The number of imidazole rings is 2. The van der Waals surface area contributed by atoms with Crippen molar-refractivity contribution in [2.45, 2.75) is 77.5 Å². The summed E-state index contributed by atoms with van der Waals surface area (Å²) in [5.41, 5.74) is 2.92. The number of hydrogen-bond acceptors (Lipinski definition) is 7. The van der Waals surface area contributed by atoms with Crippen LogP contribution in [0.25, 0.3) is 10.8 Å². The molecule has 0 spiro atoms. The summed E-state index contributed by atoms with van der Waals surface area (Å²) in [5, 5.41) is 14.2. The molecule has 4 amide bonds. The fraction of sp³-hybridized carbons (Fsp3) is 0.429. The average Bonchev–Trinajstić information content (AvgIpc) is 4.01. The largest absolute Gasteiger partial charge is 0.465 e. The van der Waals surface area contributed by atoms with Crippen molar-refractivity contribution in [1.82, 2.24) is 40.0 Å². The number of ether oxygens (including phenoxy) is 1. The van der Waals surface area contributed by atoms with Crippen molar-refractivity contribution >= 4 is 34.8 Å². The normalized spacial score (nSPS) is 17.6. The highest BCUT2D eigenvalue weighted by Gasteiger charge is 2.40. The number of likely N-dealkylation sites (tertiary alicyclic amines) is 2. The lowest BCUT2D eigenvalue weighted by Gasteiger charge is -2.33. The van der Waals surface area contributed by atoms with Crippen LogP contribution in [-0.2, 0) is 14.3 Å². The van der Waals surface area contributed by atoms with Crippen LogP contribution in [0.15, 0.2) is 48.8 Å². The van der Waals surface area contributed by atoms with E-state index in [9.17, 15) is 24.3 Å². The molecular formula is C42H48N8O6. The third-order valence-electron chi connectivity index (χ3n) is 10.4. The Balaban J connectivity index is 1.11. The van der Waals surface area contributed by atoms with Crippen molar-refractivity contribution in [2.24, 2.45) is 11.8 Å². The van der Waals surface area contributed by atoms with E-state index in [1.54, 1.807) is 22.2 Å². The Labute approximate surface area is 326 Å². The molecule has 4 heterocycles. The number of carbonyl (C=O) groups excluding carboxylic acids is 3. The van der Waals surface area contributed by atoms with E-state index < -0.39 is 24.3 Å². The number of carbonyl (C=O) groups is 4. The Hall–Kier alpha value is -6.28. The molecule has 2 aromatic heterocycles. The minimum Gasteiger partial charge on any atom is -0.465 e. The number of aromatic nitrogens is 4. The van der Waals surface area contributed by atoms with Gasteiger partial charge in [-0.05, 0) is 84.4 Å². The summed E-state index contributed by atoms with van der Waals surface area (Å²) in [7, 11) is 2.71. The molecule has 14 heteroatoms. The molecule has 0 radical (unpaired) electrons. The van der Waals surface area contributed by atoms with Gasteiger partial charge in [0.05, 0.1) is 31.6 Å². The number of nitrogens with zero attached hydrogens (tertiary/aromatic N) is 5. The summed E-state index contributed by atoms with van der Waals surface area (Å²) in [5.74, 6) is 13.4. The quantitative estimate of drug-likeness (QED) is 0.172. The number of benzene rings is 2. The van der Waals surface area contributed by atoms with Crippen molar-refractivity contribution in [3.05, 3.63) is 83.0 Å². The lowest BCUT2D eigenvalue weighted by molar-refractivity contribution is -0.138. The number of methoxy groups -OCH3 is 1. The van der Waals surface area contributed by atoms with Crippen LogP contribution in [0.2, 0.25) is 0 Å². The van der Waals surface area contributed by atoms with Crippen LogP contribution < -0.4 is 5.32 Å². The number of rotatable bonds is 8. The van der Waals surface area contributed by atoms with Gasteiger partial charge in [0, 0.05) is 31.3 Å². The highest BCUT2D eigenvalue weighted by atomic mass is 16.5. The second-order valence-electron chi connectivity index (χ2n) is 15.0. The first-order valence-corrected chi connectivity index (χ1v) is 18.9. The summed E-state index contributed by atoms with van der Waals surface area (Å²) < 4.78 is 4.73. The Morgan fingerprint density at radius 3 is 1.75 bits per heavy atom. The Morgan fingerprint density at radius 2 is 1.30 bits per heavy atom. The number of likely N-dealkylation sites (N-methyl/N-ethyl adjacent to an activating group) is 1. The Kier molecular flexibility index (Phi) is 12.0. The van der Waals surface area contributed by atoms with Crippen molar-refractivity contribution in [1.29, 1.82) is 0 Å². The second kappa shape index (κ2) is 17.0. The summed E-state index contributed by atoms with van der Waals surface area (Å²) in [6.07, 6.45) is 4.68. The fourth-order valence-electron chi connectivity index (χ4n) is 7.51. The lowest BCUT2D eigenvalue weighted by Crippen LogP contribution is -2.51. The van der Waals surface area contributed by atoms with Gasteiger partial charge in [-0.25, -0.2) is 19.6 Å². The number of fused-ring (bicyclic) bond motifs is 1. The maximum atomic E-state index is 13.5. The second-order valence-corrected chi connectivity index (χ2v) is 15.0. The van der Waals surface area contributed by atoms with Crippen LogP contribution in [0.1, 0.15) is 99.6 Å². The Bertz CT molecular complexity index is 2240. The number of hydrogen-bond donors (Lipinski definition) is 4. The van der Waals surface area contributed by atoms with Gasteiger partial charge in [0.1, 0.15) is 35.1 Å². The van der Waals surface area contributed by atoms with Gasteiger partial charge in [-0.1, -0.05) is 51.7 Å². The van der Waals surface area contributed by atoms with Crippen LogP contribution in [0.4, 0.5) is 9.59 Å². The minimum atomic E-state index is -1.14. The predicted octanol–water partition coefficient (Wildman–Crippen LogP) is 5.43. The van der Waals surface area contributed by atoms with E-state index in [1.807, 2.05) is 64.1 Å². The summed E-state index contributed by atoms with van der Waals surface area (Å²) in [4.78, 5) is 70.8. The average molecular weight is 761 g/mol. The van der Waals surface area contributed by atoms with E-state index >= 15 is 0 Å². The van der Waals surface area contributed by atoms with Crippen molar-refractivity contribution in [3.63, 3.8) is 0 Å². The van der Waals surface area contributed by atoms with Crippen LogP contribution in [0.5, 0.6) is 0 Å². The molecule has 4 aromatic rings. The number of carboxylic acid groups (broad SMARTS) is 1. The van der Waals surface area contributed by atoms with Gasteiger partial charge in [-0.2, -0.15) is 0 Å². The standard InChI is InChI=1S/C42H48N8O6/c1-25(2)35(47-41(53)56-6)39(51)49-19-7-9-33(49)37-43-23-31(45-37)17-13-27-11-15-30-22-28(12-16-29(30)21-27)14-18-32-24-44-38(46-32)34-10-8-20-50(34)40(52)36(26(3)4)48(5)42(54)55/h11-12,15-16,21-26,33-36H,7-10,19-20H2,1-6H3,(H,43,45)(H,44,46)(H,47,53)(H,54,55)/t33-,34-,35-,36-/m0/s1. The number of nitrogens with one attached hydrogen (secondary N) is 3. The van der Waals surface area contributed by atoms with E-state index in [-0.39, 0.29) is 35.7 Å². The van der Waals surface area contributed by atoms with E-state index in [0.717, 1.165) is 52.5 Å². The first-order valence-electron chi connectivity index (χ1n) is 18.9. The molecule has 2 aliphatic heterocycles. The molecule has 292 valence electrons. The van der Waals surface area contributed by atoms with Crippen LogP contribution in [0.3, 0.4) is 0 Å². The molecule has 4 atom stereocenters. The van der Waals surface area contributed by atoms with Crippen LogP contribution in [0, 0.1) is 35.5 Å². The monoisotopic (exact) mass is 760 g/mol. The predicted molar refractivity (Wildman–Crippen MR) is 209 cm³/mol. The first kappa shape index (κ1) is 39.4. The lowest BCUT2D eigenvalue weighted by atomic mass is 10.0. The maximum Gasteiger partial charge on any atom is 0.407 e. The van der Waals surface area contributed by atoms with Gasteiger partial charge in [-0.15, -0.1) is 0 Å². The van der Waals surface area contributed by atoms with Crippen molar-refractivity contribution in [2.75, 3.05) is 27.2 Å². The van der Waals surface area contributed by atoms with Gasteiger partial charge in [0.25, 0.3) is 0 Å². The maximum absolute atomic E-state index is 13.5. The van der Waals surface area contributed by atoms with Gasteiger partial charge in [-0.3, -0.25) is 14.5 Å². The zero-order valence-electron chi connectivity index (χ0n) is 32.6. The molecule has 0 bridgehead atoms. The topological polar surface area (TPSA) is 177 Å². The molecule has 0 aliphatic carbocycles. The third-order valence-corrected chi connectivity index (χ3v) is 10.4.